The number of hydrogen-bond acceptors (Lipinski definition) is 6. The van der Waals surface area contributed by atoms with Gasteiger partial charge in [-0.25, -0.2) is 8.42 Å². The van der Waals surface area contributed by atoms with E-state index in [0.29, 0.717) is 47.2 Å². The lowest BCUT2D eigenvalue weighted by molar-refractivity contribution is 0.102. The Morgan fingerprint density at radius 2 is 1.70 bits per heavy atom. The molecule has 1 aliphatic rings. The van der Waals surface area contributed by atoms with Crippen LogP contribution in [-0.2, 0) is 10.0 Å². The fourth-order valence-electron chi connectivity index (χ4n) is 3.50. The molecule has 3 aromatic carbocycles. The Bertz CT molecular complexity index is 1430. The second-order valence-electron chi connectivity index (χ2n) is 7.44. The van der Waals surface area contributed by atoms with E-state index in [1.807, 2.05) is 6.07 Å². The van der Waals surface area contributed by atoms with Gasteiger partial charge in [-0.15, -0.1) is 0 Å². The molecule has 0 fully saturated rings. The number of sulfonamides is 1. The summed E-state index contributed by atoms with van der Waals surface area (Å²) in [7, 11) is -3.84. The number of rotatable bonds is 5. The minimum Gasteiger partial charge on any atom is -0.490 e. The number of anilines is 2. The lowest BCUT2D eigenvalue weighted by Crippen LogP contribution is -2.14. The van der Waals surface area contributed by atoms with Gasteiger partial charge in [0.05, 0.1) is 35.4 Å². The third-order valence-corrected chi connectivity index (χ3v) is 6.52. The molecule has 2 heterocycles. The van der Waals surface area contributed by atoms with Gasteiger partial charge in [-0.2, -0.15) is 5.10 Å². The van der Waals surface area contributed by atoms with Gasteiger partial charge in [0.15, 0.2) is 11.5 Å². The zero-order valence-electron chi connectivity index (χ0n) is 17.4. The number of fused-ring (bicyclic) bond motifs is 2. The fraction of sp³-hybridized carbons (Fsp3) is 0.130. The summed E-state index contributed by atoms with van der Waals surface area (Å²) in [4.78, 5) is 12.7. The topological polar surface area (TPSA) is 122 Å². The van der Waals surface area contributed by atoms with Crippen molar-refractivity contribution in [1.82, 2.24) is 10.2 Å². The molecule has 0 saturated carbocycles. The molecule has 4 aromatic rings. The number of amides is 1. The second-order valence-corrected chi connectivity index (χ2v) is 9.12. The lowest BCUT2D eigenvalue weighted by atomic mass is 10.1. The molecular formula is C23H20N4O5S. The maximum absolute atomic E-state index is 12.8. The van der Waals surface area contributed by atoms with Crippen LogP contribution in [0.15, 0.2) is 71.8 Å². The van der Waals surface area contributed by atoms with E-state index in [1.54, 1.807) is 48.7 Å². The van der Waals surface area contributed by atoms with Crippen molar-refractivity contribution in [3.63, 3.8) is 0 Å². The monoisotopic (exact) mass is 464 g/mol. The second kappa shape index (κ2) is 8.47. The van der Waals surface area contributed by atoms with Crippen LogP contribution < -0.4 is 19.5 Å². The van der Waals surface area contributed by atoms with Crippen LogP contribution in [0.5, 0.6) is 11.5 Å². The molecule has 0 radical (unpaired) electrons. The van der Waals surface area contributed by atoms with Gasteiger partial charge in [-0.05, 0) is 42.5 Å². The molecule has 1 aromatic heterocycles. The summed E-state index contributed by atoms with van der Waals surface area (Å²) in [5.74, 6) is 0.628. The first kappa shape index (κ1) is 20.8. The van der Waals surface area contributed by atoms with Crippen molar-refractivity contribution in [2.24, 2.45) is 0 Å². The molecular weight excluding hydrogens is 444 g/mol. The van der Waals surface area contributed by atoms with Crippen LogP contribution in [0.25, 0.3) is 10.9 Å². The Hall–Kier alpha value is -4.05. The number of carbonyl (C=O) groups excluding carboxylic acids is 1. The predicted octanol–water partition coefficient (Wildman–Crippen LogP) is 3.78. The Morgan fingerprint density at radius 1 is 0.939 bits per heavy atom. The summed E-state index contributed by atoms with van der Waals surface area (Å²) in [5, 5.41) is 10.4. The van der Waals surface area contributed by atoms with E-state index in [-0.39, 0.29) is 10.8 Å². The van der Waals surface area contributed by atoms with Gasteiger partial charge in [0.25, 0.3) is 15.9 Å². The zero-order chi connectivity index (χ0) is 22.8. The number of H-pyrrole nitrogens is 1. The van der Waals surface area contributed by atoms with Crippen LogP contribution in [0, 0.1) is 0 Å². The van der Waals surface area contributed by atoms with E-state index in [0.717, 1.165) is 11.8 Å². The van der Waals surface area contributed by atoms with Crippen LogP contribution >= 0.6 is 0 Å². The molecule has 0 atom stereocenters. The lowest BCUT2D eigenvalue weighted by Gasteiger charge is -2.12. The standard InChI is InChI=1S/C23H20N4O5S/c28-23(19-4-1-3-15-14-24-26-22(15)19)25-16-5-7-17(8-6-16)27-33(29,30)18-9-10-20-21(13-18)32-12-2-11-31-20/h1,3-10,13-14,27H,2,11-12H2,(H,24,26)(H,25,28). The van der Waals surface area contributed by atoms with Gasteiger partial charge in [0.1, 0.15) is 0 Å². The van der Waals surface area contributed by atoms with Crippen LogP contribution in [0.3, 0.4) is 0 Å². The van der Waals surface area contributed by atoms with E-state index in [9.17, 15) is 13.2 Å². The number of aromatic amines is 1. The number of carbonyl (C=O) groups is 1. The highest BCUT2D eigenvalue weighted by Crippen LogP contribution is 2.32. The average Bonchev–Trinajstić information content (AvgIpc) is 3.17. The Balaban J connectivity index is 1.30. The Morgan fingerprint density at radius 3 is 2.52 bits per heavy atom. The minimum atomic E-state index is -3.84. The number of nitrogens with zero attached hydrogens (tertiary/aromatic N) is 1. The van der Waals surface area contributed by atoms with E-state index < -0.39 is 10.0 Å². The van der Waals surface area contributed by atoms with Crippen LogP contribution in [0.4, 0.5) is 11.4 Å². The first-order valence-electron chi connectivity index (χ1n) is 10.3. The number of benzene rings is 3. The van der Waals surface area contributed by atoms with Gasteiger partial charge in [0, 0.05) is 29.2 Å². The molecule has 0 spiro atoms. The summed E-state index contributed by atoms with van der Waals surface area (Å²) in [5.41, 5.74) is 1.99. The van der Waals surface area contributed by atoms with E-state index in [4.69, 9.17) is 9.47 Å². The Labute approximate surface area is 189 Å². The molecule has 168 valence electrons. The van der Waals surface area contributed by atoms with Crippen LogP contribution in [0.2, 0.25) is 0 Å². The summed E-state index contributed by atoms with van der Waals surface area (Å²) in [6.45, 7) is 0.989. The van der Waals surface area contributed by atoms with Crippen molar-refractivity contribution in [3.05, 3.63) is 72.4 Å². The summed E-state index contributed by atoms with van der Waals surface area (Å²) in [6.07, 6.45) is 2.38. The average molecular weight is 465 g/mol. The number of aromatic nitrogens is 2. The molecule has 0 unspecified atom stereocenters. The molecule has 9 nitrogen and oxygen atoms in total. The van der Waals surface area contributed by atoms with E-state index in [2.05, 4.69) is 20.2 Å². The fourth-order valence-corrected chi connectivity index (χ4v) is 4.58. The molecule has 10 heteroatoms. The normalized spacial score (nSPS) is 13.3. The van der Waals surface area contributed by atoms with Crippen molar-refractivity contribution in [3.8, 4) is 11.5 Å². The highest BCUT2D eigenvalue weighted by molar-refractivity contribution is 7.92. The third-order valence-electron chi connectivity index (χ3n) is 5.15. The van der Waals surface area contributed by atoms with Gasteiger partial charge in [0.2, 0.25) is 0 Å². The molecule has 5 rings (SSSR count). The van der Waals surface area contributed by atoms with Crippen molar-refractivity contribution in [2.75, 3.05) is 23.3 Å². The molecule has 0 saturated heterocycles. The molecule has 0 aliphatic carbocycles. The zero-order valence-corrected chi connectivity index (χ0v) is 18.2. The SMILES string of the molecule is O=C(Nc1ccc(NS(=O)(=O)c2ccc3c(c2)OCCCO3)cc1)c1cccc2cn[nH]c12. The molecule has 0 bridgehead atoms. The molecule has 1 aliphatic heterocycles. The van der Waals surface area contributed by atoms with Gasteiger partial charge < -0.3 is 14.8 Å². The van der Waals surface area contributed by atoms with Crippen LogP contribution in [0.1, 0.15) is 16.8 Å². The summed E-state index contributed by atoms with van der Waals surface area (Å²) >= 11 is 0. The largest absolute Gasteiger partial charge is 0.490 e. The number of hydrogen-bond donors (Lipinski definition) is 3. The number of nitrogens with one attached hydrogen (secondary N) is 3. The van der Waals surface area contributed by atoms with E-state index >= 15 is 0 Å². The summed E-state index contributed by atoms with van der Waals surface area (Å²) in [6, 6.07) is 16.3. The predicted molar refractivity (Wildman–Crippen MR) is 123 cm³/mol. The minimum absolute atomic E-state index is 0.0665. The quantitative estimate of drug-likeness (QED) is 0.413. The smallest absolute Gasteiger partial charge is 0.262 e. The highest BCUT2D eigenvalue weighted by atomic mass is 32.2. The first-order chi connectivity index (χ1) is 16.0. The molecule has 3 N–H and O–H groups in total. The maximum atomic E-state index is 12.8. The highest BCUT2D eigenvalue weighted by Gasteiger charge is 2.19. The summed E-state index contributed by atoms with van der Waals surface area (Å²) < 4.78 is 39.3. The van der Waals surface area contributed by atoms with Gasteiger partial charge in [-0.3, -0.25) is 14.6 Å². The van der Waals surface area contributed by atoms with Gasteiger partial charge in [-0.1, -0.05) is 12.1 Å². The van der Waals surface area contributed by atoms with E-state index in [1.165, 1.54) is 12.1 Å². The van der Waals surface area contributed by atoms with Crippen LogP contribution in [-0.4, -0.2) is 37.7 Å². The van der Waals surface area contributed by atoms with Gasteiger partial charge >= 0.3 is 0 Å². The molecule has 1 amide bonds. The van der Waals surface area contributed by atoms with Crippen molar-refractivity contribution in [1.29, 1.82) is 0 Å². The van der Waals surface area contributed by atoms with Crippen molar-refractivity contribution < 1.29 is 22.7 Å². The Kier molecular flexibility index (Phi) is 5.35. The van der Waals surface area contributed by atoms with Crippen molar-refractivity contribution >= 4 is 38.2 Å². The third kappa shape index (κ3) is 4.33. The number of ether oxygens (including phenoxy) is 2. The molecule has 33 heavy (non-hydrogen) atoms. The number of para-hydroxylation sites is 1. The first-order valence-corrected chi connectivity index (χ1v) is 11.7. The maximum Gasteiger partial charge on any atom is 0.262 e. The van der Waals surface area contributed by atoms with Crippen molar-refractivity contribution in [2.45, 2.75) is 11.3 Å².